The molecule has 12 heteroatoms. The first-order valence-electron chi connectivity index (χ1n) is 15.3. The number of rotatable bonds is 13. The molecule has 0 fully saturated rings. The highest BCUT2D eigenvalue weighted by atomic mass is 32.2. The first-order valence-corrected chi connectivity index (χ1v) is 16.7. The number of benzene rings is 3. The smallest absolute Gasteiger partial charge is 0.432 e. The van der Waals surface area contributed by atoms with Gasteiger partial charge in [-0.1, -0.05) is 106 Å². The van der Waals surface area contributed by atoms with Crippen molar-refractivity contribution in [1.29, 1.82) is 0 Å². The fourth-order valence-corrected chi connectivity index (χ4v) is 7.39. The Labute approximate surface area is 264 Å². The van der Waals surface area contributed by atoms with E-state index >= 15 is 0 Å². The number of hydrogen-bond acceptors (Lipinski definition) is 5. The summed E-state index contributed by atoms with van der Waals surface area (Å²) in [6.45, 7) is 2.48. The Bertz CT molecular complexity index is 1610. The van der Waals surface area contributed by atoms with Gasteiger partial charge < -0.3 is 9.47 Å². The summed E-state index contributed by atoms with van der Waals surface area (Å²) < 4.78 is 113. The van der Waals surface area contributed by atoms with E-state index in [1.165, 1.54) is 0 Å². The minimum atomic E-state index is -6.61. The fourth-order valence-electron chi connectivity index (χ4n) is 6.94. The summed E-state index contributed by atoms with van der Waals surface area (Å²) >= 11 is 0. The normalized spacial score (nSPS) is 21.3. The van der Waals surface area contributed by atoms with Gasteiger partial charge in [-0.3, -0.25) is 9.35 Å². The molecule has 248 valence electrons. The predicted molar refractivity (Wildman–Crippen MR) is 161 cm³/mol. The zero-order valence-corrected chi connectivity index (χ0v) is 25.9. The lowest BCUT2D eigenvalue weighted by atomic mass is 9.52. The molecule has 3 aromatic rings. The first kappa shape index (κ1) is 33.8. The maximum Gasteiger partial charge on any atom is 0.432 e. The standard InChI is InChI=1S/C34H35F5O6S/c1-2-3-4-5-6-13-20-44-26-19-12-11-18-25(26)29-27-21-14-7-9-16-23(21)28(24-17-10-8-15-22(24)27)30(29)31(40)45-32(33(35,36)37)34(38,39)46(41,42)43/h7-12,14-19,27-30,32H,2-6,13,20H2,1H3,(H,41,42,43). The maximum absolute atomic E-state index is 14.6. The number of fused-ring (bicyclic) bond motifs is 1. The second-order valence-electron chi connectivity index (χ2n) is 11.8. The molecule has 3 atom stereocenters. The van der Waals surface area contributed by atoms with E-state index in [1.54, 1.807) is 60.7 Å². The molecule has 0 saturated carbocycles. The highest BCUT2D eigenvalue weighted by Crippen LogP contribution is 2.63. The summed E-state index contributed by atoms with van der Waals surface area (Å²) in [6.07, 6.45) is -4.37. The van der Waals surface area contributed by atoms with Crippen molar-refractivity contribution in [2.45, 2.75) is 80.7 Å². The SMILES string of the molecule is CCCCCCCCOc1ccccc1C1C2c3ccccc3C(c3ccccc32)C1C(=O)OC(C(F)(F)F)C(F)(F)S(=O)(=O)O. The number of esters is 1. The van der Waals surface area contributed by atoms with Crippen molar-refractivity contribution < 1.29 is 49.2 Å². The summed E-state index contributed by atoms with van der Waals surface area (Å²) in [7, 11) is -6.61. The Morgan fingerprint density at radius 1 is 0.761 bits per heavy atom. The molecule has 0 heterocycles. The minimum Gasteiger partial charge on any atom is -0.493 e. The summed E-state index contributed by atoms with van der Waals surface area (Å²) in [6, 6.07) is 21.0. The Morgan fingerprint density at radius 3 is 1.76 bits per heavy atom. The third-order valence-corrected chi connectivity index (χ3v) is 9.83. The van der Waals surface area contributed by atoms with Gasteiger partial charge in [-0.25, -0.2) is 0 Å². The number of carbonyl (C=O) groups is 1. The molecular weight excluding hydrogens is 631 g/mol. The van der Waals surface area contributed by atoms with Crippen molar-refractivity contribution in [2.75, 3.05) is 6.61 Å². The molecule has 1 N–H and O–H groups in total. The number of carbonyl (C=O) groups excluding carboxylic acids is 1. The molecule has 6 rings (SSSR count). The average molecular weight is 667 g/mol. The third-order valence-electron chi connectivity index (χ3n) is 8.92. The van der Waals surface area contributed by atoms with E-state index in [1.807, 2.05) is 12.1 Å². The quantitative estimate of drug-likeness (QED) is 0.0854. The average Bonchev–Trinajstić information content (AvgIpc) is 3.01. The highest BCUT2D eigenvalue weighted by Gasteiger charge is 2.67. The van der Waals surface area contributed by atoms with Crippen molar-refractivity contribution in [3.8, 4) is 5.75 Å². The van der Waals surface area contributed by atoms with Crippen LogP contribution < -0.4 is 4.74 Å². The molecule has 0 aromatic heterocycles. The summed E-state index contributed by atoms with van der Waals surface area (Å²) in [4.78, 5) is 13.9. The minimum absolute atomic E-state index is 0.350. The zero-order valence-electron chi connectivity index (χ0n) is 25.1. The van der Waals surface area contributed by atoms with E-state index in [-0.39, 0.29) is 0 Å². The van der Waals surface area contributed by atoms with E-state index in [2.05, 4.69) is 11.7 Å². The van der Waals surface area contributed by atoms with Gasteiger partial charge in [-0.05, 0) is 40.3 Å². The van der Waals surface area contributed by atoms with Gasteiger partial charge in [0.05, 0.1) is 12.5 Å². The Hall–Kier alpha value is -3.51. The second-order valence-corrected chi connectivity index (χ2v) is 13.3. The fraction of sp³-hybridized carbons (Fsp3) is 0.441. The Morgan fingerprint density at radius 2 is 1.24 bits per heavy atom. The highest BCUT2D eigenvalue weighted by molar-refractivity contribution is 7.86. The molecule has 0 radical (unpaired) electrons. The maximum atomic E-state index is 14.6. The van der Waals surface area contributed by atoms with E-state index in [0.717, 1.165) is 49.7 Å². The molecule has 0 spiro atoms. The number of alkyl halides is 5. The molecule has 3 aliphatic carbocycles. The van der Waals surface area contributed by atoms with E-state index in [4.69, 9.17) is 9.29 Å². The largest absolute Gasteiger partial charge is 0.493 e. The first-order chi connectivity index (χ1) is 21.8. The van der Waals surface area contributed by atoms with Gasteiger partial charge in [0.1, 0.15) is 5.75 Å². The second kappa shape index (κ2) is 13.3. The number of para-hydroxylation sites is 1. The van der Waals surface area contributed by atoms with Crippen LogP contribution in [0, 0.1) is 5.92 Å². The number of halogens is 5. The van der Waals surface area contributed by atoms with Crippen molar-refractivity contribution in [2.24, 2.45) is 5.92 Å². The van der Waals surface area contributed by atoms with Crippen LogP contribution >= 0.6 is 0 Å². The van der Waals surface area contributed by atoms with Gasteiger partial charge in [-0.2, -0.15) is 30.4 Å². The van der Waals surface area contributed by atoms with Crippen molar-refractivity contribution >= 4 is 16.1 Å². The van der Waals surface area contributed by atoms with Crippen LogP contribution in [0.15, 0.2) is 72.8 Å². The van der Waals surface area contributed by atoms with Crippen molar-refractivity contribution in [1.82, 2.24) is 0 Å². The van der Waals surface area contributed by atoms with Crippen molar-refractivity contribution in [3.63, 3.8) is 0 Å². The van der Waals surface area contributed by atoms with Crippen LogP contribution in [0.2, 0.25) is 0 Å². The van der Waals surface area contributed by atoms with Crippen LogP contribution in [0.25, 0.3) is 0 Å². The van der Waals surface area contributed by atoms with Gasteiger partial charge in [0.25, 0.3) is 6.10 Å². The van der Waals surface area contributed by atoms with Gasteiger partial charge in [0, 0.05) is 17.8 Å². The van der Waals surface area contributed by atoms with E-state index in [0.29, 0.717) is 29.0 Å². The summed E-state index contributed by atoms with van der Waals surface area (Å²) in [5.41, 5.74) is 3.38. The molecule has 0 aliphatic heterocycles. The molecule has 2 bridgehead atoms. The van der Waals surface area contributed by atoms with Gasteiger partial charge in [0.2, 0.25) is 0 Å². The number of ether oxygens (including phenoxy) is 2. The summed E-state index contributed by atoms with van der Waals surface area (Å²) in [5, 5.41) is -5.85. The molecule has 6 nitrogen and oxygen atoms in total. The zero-order chi connectivity index (χ0) is 33.3. The van der Waals surface area contributed by atoms with Crippen LogP contribution in [0.4, 0.5) is 22.0 Å². The topological polar surface area (TPSA) is 89.9 Å². The lowest BCUT2D eigenvalue weighted by molar-refractivity contribution is -0.261. The Balaban J connectivity index is 1.59. The molecule has 3 aromatic carbocycles. The van der Waals surface area contributed by atoms with Crippen LogP contribution in [0.3, 0.4) is 0 Å². The molecule has 46 heavy (non-hydrogen) atoms. The van der Waals surface area contributed by atoms with Crippen LogP contribution in [0.1, 0.15) is 91.0 Å². The Kier molecular flexibility index (Phi) is 9.79. The van der Waals surface area contributed by atoms with Crippen LogP contribution in [-0.4, -0.2) is 43.1 Å². The van der Waals surface area contributed by atoms with Gasteiger partial charge in [-0.15, -0.1) is 0 Å². The number of unbranched alkanes of at least 4 members (excludes halogenated alkanes) is 5. The molecule has 3 aliphatic rings. The van der Waals surface area contributed by atoms with Gasteiger partial charge in [0.15, 0.2) is 0 Å². The molecular formula is C34H35F5O6S. The molecule has 3 unspecified atom stereocenters. The lowest BCUT2D eigenvalue weighted by Gasteiger charge is -2.50. The third kappa shape index (κ3) is 6.38. The monoisotopic (exact) mass is 666 g/mol. The lowest BCUT2D eigenvalue weighted by Crippen LogP contribution is -2.54. The van der Waals surface area contributed by atoms with Crippen molar-refractivity contribution in [3.05, 3.63) is 101 Å². The predicted octanol–water partition coefficient (Wildman–Crippen LogP) is 8.37. The van der Waals surface area contributed by atoms with Crippen LogP contribution in [0.5, 0.6) is 5.75 Å². The number of hydrogen-bond donors (Lipinski definition) is 1. The van der Waals surface area contributed by atoms with E-state index < -0.39 is 57.3 Å². The van der Waals surface area contributed by atoms with Crippen LogP contribution in [-0.2, 0) is 19.6 Å². The van der Waals surface area contributed by atoms with Gasteiger partial charge >= 0.3 is 27.5 Å². The summed E-state index contributed by atoms with van der Waals surface area (Å²) in [5.74, 6) is -5.17. The van der Waals surface area contributed by atoms with E-state index in [9.17, 15) is 35.2 Å². The molecule has 0 saturated heterocycles. The molecule has 0 amide bonds.